The van der Waals surface area contributed by atoms with E-state index in [0.717, 1.165) is 5.56 Å². The van der Waals surface area contributed by atoms with Gasteiger partial charge in [-0.3, -0.25) is 9.59 Å². The topological polar surface area (TPSA) is 57.6 Å². The van der Waals surface area contributed by atoms with E-state index in [1.165, 1.54) is 4.90 Å². The van der Waals surface area contributed by atoms with Crippen LogP contribution in [0.25, 0.3) is 0 Å². The number of carboxylic acids is 1. The number of amides is 1. The number of rotatable bonds is 5. The highest BCUT2D eigenvalue weighted by atomic mass is 16.4. The van der Waals surface area contributed by atoms with Crippen LogP contribution in [-0.2, 0) is 9.59 Å². The molecular formula is C13H17NO3. The van der Waals surface area contributed by atoms with E-state index in [1.807, 2.05) is 30.3 Å². The summed E-state index contributed by atoms with van der Waals surface area (Å²) in [7, 11) is 3.34. The Balaban J connectivity index is 2.81. The van der Waals surface area contributed by atoms with E-state index < -0.39 is 5.97 Å². The van der Waals surface area contributed by atoms with Gasteiger partial charge in [-0.2, -0.15) is 0 Å². The molecule has 92 valence electrons. The molecule has 0 saturated heterocycles. The molecular weight excluding hydrogens is 218 g/mol. The van der Waals surface area contributed by atoms with Crippen molar-refractivity contribution in [2.24, 2.45) is 0 Å². The van der Waals surface area contributed by atoms with Gasteiger partial charge in [0.2, 0.25) is 5.91 Å². The molecule has 0 aromatic heterocycles. The van der Waals surface area contributed by atoms with E-state index in [0.29, 0.717) is 0 Å². The Morgan fingerprint density at radius 3 is 2.24 bits per heavy atom. The van der Waals surface area contributed by atoms with Crippen molar-refractivity contribution in [1.29, 1.82) is 0 Å². The molecule has 0 fully saturated rings. The summed E-state index contributed by atoms with van der Waals surface area (Å²) >= 11 is 0. The van der Waals surface area contributed by atoms with E-state index in [-0.39, 0.29) is 24.7 Å². The Kier molecular flexibility index (Phi) is 4.69. The van der Waals surface area contributed by atoms with Gasteiger partial charge in [0.1, 0.15) is 0 Å². The minimum atomic E-state index is -0.884. The second-order valence-corrected chi connectivity index (χ2v) is 4.20. The predicted octanol–water partition coefficient (Wildman–Crippen LogP) is 1.72. The van der Waals surface area contributed by atoms with Gasteiger partial charge in [0.15, 0.2) is 0 Å². The second-order valence-electron chi connectivity index (χ2n) is 4.20. The van der Waals surface area contributed by atoms with Gasteiger partial charge >= 0.3 is 5.97 Å². The molecule has 0 heterocycles. The molecule has 1 aromatic rings. The zero-order valence-corrected chi connectivity index (χ0v) is 10.1. The third-order valence-electron chi connectivity index (χ3n) is 2.61. The molecule has 1 amide bonds. The fourth-order valence-electron chi connectivity index (χ4n) is 1.64. The van der Waals surface area contributed by atoms with Crippen LogP contribution in [-0.4, -0.2) is 36.0 Å². The van der Waals surface area contributed by atoms with Crippen LogP contribution in [0.2, 0.25) is 0 Å². The number of aliphatic carboxylic acids is 1. The molecule has 0 aliphatic carbocycles. The Morgan fingerprint density at radius 1 is 1.18 bits per heavy atom. The summed E-state index contributed by atoms with van der Waals surface area (Å²) in [5, 5.41) is 8.87. The van der Waals surface area contributed by atoms with Crippen LogP contribution in [0.4, 0.5) is 0 Å². The van der Waals surface area contributed by atoms with Gasteiger partial charge in [-0.15, -0.1) is 0 Å². The maximum Gasteiger partial charge on any atom is 0.303 e. The van der Waals surface area contributed by atoms with Crippen molar-refractivity contribution in [1.82, 2.24) is 4.90 Å². The van der Waals surface area contributed by atoms with Crippen molar-refractivity contribution < 1.29 is 14.7 Å². The molecule has 0 saturated carbocycles. The summed E-state index contributed by atoms with van der Waals surface area (Å²) in [6, 6.07) is 9.29. The van der Waals surface area contributed by atoms with Crippen molar-refractivity contribution in [2.45, 2.75) is 18.8 Å². The maximum atomic E-state index is 11.6. The monoisotopic (exact) mass is 235 g/mol. The lowest BCUT2D eigenvalue weighted by Crippen LogP contribution is -2.24. The van der Waals surface area contributed by atoms with E-state index in [9.17, 15) is 9.59 Å². The standard InChI is InChI=1S/C13H17NO3/c1-14(2)12(15)8-11(9-13(16)17)10-6-4-3-5-7-10/h3-7,11H,8-9H2,1-2H3,(H,16,17)/t11-/m1/s1. The van der Waals surface area contributed by atoms with E-state index >= 15 is 0 Å². The first kappa shape index (κ1) is 13.2. The first-order chi connectivity index (χ1) is 8.00. The lowest BCUT2D eigenvalue weighted by Gasteiger charge is -2.17. The molecule has 1 atom stereocenters. The van der Waals surface area contributed by atoms with Crippen LogP contribution in [0, 0.1) is 0 Å². The van der Waals surface area contributed by atoms with Crippen molar-refractivity contribution in [3.63, 3.8) is 0 Å². The third kappa shape index (κ3) is 4.26. The van der Waals surface area contributed by atoms with E-state index in [2.05, 4.69) is 0 Å². The molecule has 4 nitrogen and oxygen atoms in total. The first-order valence-electron chi connectivity index (χ1n) is 5.47. The summed E-state index contributed by atoms with van der Waals surface area (Å²) in [6.07, 6.45) is 0.201. The largest absolute Gasteiger partial charge is 0.481 e. The Morgan fingerprint density at radius 2 is 1.76 bits per heavy atom. The normalized spacial score (nSPS) is 11.9. The number of carboxylic acid groups (broad SMARTS) is 1. The zero-order chi connectivity index (χ0) is 12.8. The molecule has 0 radical (unpaired) electrons. The fourth-order valence-corrected chi connectivity index (χ4v) is 1.64. The molecule has 0 aliphatic heterocycles. The number of hydrogen-bond acceptors (Lipinski definition) is 2. The van der Waals surface area contributed by atoms with Gasteiger partial charge in [-0.25, -0.2) is 0 Å². The Labute approximate surface area is 101 Å². The number of hydrogen-bond donors (Lipinski definition) is 1. The minimum Gasteiger partial charge on any atom is -0.481 e. The van der Waals surface area contributed by atoms with Gasteiger partial charge < -0.3 is 10.0 Å². The Bertz CT molecular complexity index is 387. The van der Waals surface area contributed by atoms with Crippen molar-refractivity contribution in [3.05, 3.63) is 35.9 Å². The number of benzene rings is 1. The van der Waals surface area contributed by atoms with Crippen LogP contribution in [0.1, 0.15) is 24.3 Å². The van der Waals surface area contributed by atoms with Crippen molar-refractivity contribution >= 4 is 11.9 Å². The quantitative estimate of drug-likeness (QED) is 0.845. The van der Waals surface area contributed by atoms with Gasteiger partial charge in [-0.05, 0) is 5.56 Å². The SMILES string of the molecule is CN(C)C(=O)C[C@H](CC(=O)O)c1ccccc1. The molecule has 0 unspecified atom stereocenters. The first-order valence-corrected chi connectivity index (χ1v) is 5.47. The smallest absolute Gasteiger partial charge is 0.303 e. The minimum absolute atomic E-state index is 0.0242. The molecule has 0 spiro atoms. The molecule has 0 aliphatic rings. The van der Waals surface area contributed by atoms with Crippen LogP contribution in [0.3, 0.4) is 0 Å². The summed E-state index contributed by atoms with van der Waals surface area (Å²) in [4.78, 5) is 23.9. The molecule has 0 bridgehead atoms. The molecule has 17 heavy (non-hydrogen) atoms. The number of carbonyl (C=O) groups is 2. The highest BCUT2D eigenvalue weighted by Crippen LogP contribution is 2.23. The maximum absolute atomic E-state index is 11.6. The highest BCUT2D eigenvalue weighted by molar-refractivity contribution is 5.78. The lowest BCUT2D eigenvalue weighted by molar-refractivity contribution is -0.137. The van der Waals surface area contributed by atoms with Gasteiger partial charge in [0.05, 0.1) is 6.42 Å². The van der Waals surface area contributed by atoms with Gasteiger partial charge in [-0.1, -0.05) is 30.3 Å². The van der Waals surface area contributed by atoms with Gasteiger partial charge in [0.25, 0.3) is 0 Å². The zero-order valence-electron chi connectivity index (χ0n) is 10.1. The summed E-state index contributed by atoms with van der Waals surface area (Å²) in [6.45, 7) is 0. The van der Waals surface area contributed by atoms with Crippen LogP contribution in [0.15, 0.2) is 30.3 Å². The third-order valence-corrected chi connectivity index (χ3v) is 2.61. The summed E-state index contributed by atoms with van der Waals surface area (Å²) in [5.74, 6) is -1.20. The summed E-state index contributed by atoms with van der Waals surface area (Å²) < 4.78 is 0. The average Bonchev–Trinajstić information content (AvgIpc) is 2.28. The second kappa shape index (κ2) is 6.03. The molecule has 1 aromatic carbocycles. The van der Waals surface area contributed by atoms with Crippen LogP contribution < -0.4 is 0 Å². The average molecular weight is 235 g/mol. The summed E-state index contributed by atoms with van der Waals surface area (Å²) in [5.41, 5.74) is 0.894. The van der Waals surface area contributed by atoms with E-state index in [1.54, 1.807) is 14.1 Å². The molecule has 1 rings (SSSR count). The lowest BCUT2D eigenvalue weighted by atomic mass is 9.92. The number of carbonyl (C=O) groups excluding carboxylic acids is 1. The fraction of sp³-hybridized carbons (Fsp3) is 0.385. The molecule has 4 heteroatoms. The van der Waals surface area contributed by atoms with Gasteiger partial charge in [0, 0.05) is 26.4 Å². The number of nitrogens with zero attached hydrogens (tertiary/aromatic N) is 1. The molecule has 1 N–H and O–H groups in total. The van der Waals surface area contributed by atoms with Crippen LogP contribution >= 0.6 is 0 Å². The Hall–Kier alpha value is -1.84. The van der Waals surface area contributed by atoms with E-state index in [4.69, 9.17) is 5.11 Å². The van der Waals surface area contributed by atoms with Crippen molar-refractivity contribution in [3.8, 4) is 0 Å². The highest BCUT2D eigenvalue weighted by Gasteiger charge is 2.19. The van der Waals surface area contributed by atoms with Crippen LogP contribution in [0.5, 0.6) is 0 Å². The van der Waals surface area contributed by atoms with Crippen molar-refractivity contribution in [2.75, 3.05) is 14.1 Å². The predicted molar refractivity (Wildman–Crippen MR) is 64.7 cm³/mol.